The first kappa shape index (κ1) is 18.9. The van der Waals surface area contributed by atoms with E-state index in [1.54, 1.807) is 18.2 Å². The van der Waals surface area contributed by atoms with Gasteiger partial charge < -0.3 is 4.57 Å². The van der Waals surface area contributed by atoms with Crippen molar-refractivity contribution in [2.45, 2.75) is 20.0 Å². The molecule has 0 spiro atoms. The smallest absolute Gasteiger partial charge is 0.293 e. The summed E-state index contributed by atoms with van der Waals surface area (Å²) >= 11 is 0.910. The fourth-order valence-electron chi connectivity index (χ4n) is 3.34. The van der Waals surface area contributed by atoms with Gasteiger partial charge in [-0.1, -0.05) is 30.3 Å². The Labute approximate surface area is 170 Å². The molecule has 1 aliphatic heterocycles. The van der Waals surface area contributed by atoms with E-state index in [0.717, 1.165) is 39.7 Å². The van der Waals surface area contributed by atoms with Gasteiger partial charge in [-0.2, -0.15) is 0 Å². The van der Waals surface area contributed by atoms with Gasteiger partial charge in [0.1, 0.15) is 0 Å². The Kier molecular flexibility index (Phi) is 4.94. The van der Waals surface area contributed by atoms with Gasteiger partial charge in [-0.25, -0.2) is 0 Å². The van der Waals surface area contributed by atoms with Crippen LogP contribution in [0.15, 0.2) is 59.6 Å². The van der Waals surface area contributed by atoms with E-state index in [0.29, 0.717) is 10.5 Å². The van der Waals surface area contributed by atoms with Gasteiger partial charge in [0, 0.05) is 41.3 Å². The van der Waals surface area contributed by atoms with Crippen LogP contribution in [0.3, 0.4) is 0 Å². The summed E-state index contributed by atoms with van der Waals surface area (Å²) < 4.78 is 2.10. The minimum atomic E-state index is -0.487. The quantitative estimate of drug-likeness (QED) is 0.344. The summed E-state index contributed by atoms with van der Waals surface area (Å²) in [7, 11) is 0. The highest BCUT2D eigenvalue weighted by molar-refractivity contribution is 8.18. The molecule has 2 aromatic carbocycles. The molecular weight excluding hydrogens is 390 g/mol. The van der Waals surface area contributed by atoms with Crippen LogP contribution in [-0.2, 0) is 17.9 Å². The molecule has 4 rings (SSSR count). The van der Waals surface area contributed by atoms with Crippen LogP contribution in [0.2, 0.25) is 0 Å². The van der Waals surface area contributed by atoms with Crippen LogP contribution in [0.5, 0.6) is 0 Å². The normalized spacial score (nSPS) is 15.6. The first-order valence-corrected chi connectivity index (χ1v) is 9.86. The van der Waals surface area contributed by atoms with Crippen LogP contribution in [0.1, 0.15) is 18.1 Å². The molecule has 0 bridgehead atoms. The van der Waals surface area contributed by atoms with Crippen molar-refractivity contribution in [2.75, 3.05) is 0 Å². The summed E-state index contributed by atoms with van der Waals surface area (Å²) in [6, 6.07) is 13.8. The number of fused-ring (bicyclic) bond motifs is 1. The number of non-ortho nitro benzene ring substituents is 1. The summed E-state index contributed by atoms with van der Waals surface area (Å²) in [5.41, 5.74) is 2.59. The first-order chi connectivity index (χ1) is 14.0. The molecule has 1 aromatic heterocycles. The second-order valence-corrected chi connectivity index (χ2v) is 7.57. The molecule has 7 nitrogen and oxygen atoms in total. The van der Waals surface area contributed by atoms with E-state index in [-0.39, 0.29) is 23.4 Å². The third-order valence-electron chi connectivity index (χ3n) is 4.81. The number of nitro groups is 1. The van der Waals surface area contributed by atoms with E-state index in [1.165, 1.54) is 12.1 Å². The maximum atomic E-state index is 12.8. The van der Waals surface area contributed by atoms with E-state index in [4.69, 9.17) is 0 Å². The average molecular weight is 407 g/mol. The summed E-state index contributed by atoms with van der Waals surface area (Å²) in [5.74, 6) is -0.355. The predicted octanol–water partition coefficient (Wildman–Crippen LogP) is 4.81. The number of hydrogen-bond donors (Lipinski definition) is 0. The molecule has 8 heteroatoms. The number of aryl methyl sites for hydroxylation is 1. The number of hydrogen-bond acceptors (Lipinski definition) is 5. The van der Waals surface area contributed by atoms with E-state index in [1.807, 2.05) is 37.4 Å². The topological polar surface area (TPSA) is 85.4 Å². The molecule has 1 saturated heterocycles. The molecule has 0 radical (unpaired) electrons. The van der Waals surface area contributed by atoms with Crippen molar-refractivity contribution in [1.82, 2.24) is 9.47 Å². The van der Waals surface area contributed by atoms with Crippen molar-refractivity contribution in [3.63, 3.8) is 0 Å². The van der Waals surface area contributed by atoms with Crippen molar-refractivity contribution >= 4 is 45.6 Å². The molecule has 1 fully saturated rings. The lowest BCUT2D eigenvalue weighted by Crippen LogP contribution is -2.27. The molecule has 0 unspecified atom stereocenters. The molecule has 0 N–H and O–H groups in total. The molecule has 0 atom stereocenters. The van der Waals surface area contributed by atoms with Gasteiger partial charge in [0.05, 0.1) is 16.4 Å². The van der Waals surface area contributed by atoms with Crippen molar-refractivity contribution in [1.29, 1.82) is 0 Å². The van der Waals surface area contributed by atoms with Crippen molar-refractivity contribution in [3.05, 3.63) is 80.9 Å². The van der Waals surface area contributed by atoms with E-state index in [9.17, 15) is 19.7 Å². The number of nitrogens with zero attached hydrogens (tertiary/aromatic N) is 3. The van der Waals surface area contributed by atoms with Gasteiger partial charge in [-0.15, -0.1) is 0 Å². The number of aromatic nitrogens is 1. The molecular formula is C21H17N3O4S. The van der Waals surface area contributed by atoms with E-state index < -0.39 is 4.92 Å². The number of nitro benzene ring substituents is 1. The zero-order chi connectivity index (χ0) is 20.5. The number of imide groups is 1. The molecule has 2 amide bonds. The summed E-state index contributed by atoms with van der Waals surface area (Å²) in [4.78, 5) is 37.0. The Hall–Kier alpha value is -3.39. The van der Waals surface area contributed by atoms with Gasteiger partial charge >= 0.3 is 0 Å². The number of carbonyl (C=O) groups excluding carboxylic acids is 2. The Morgan fingerprint density at radius 3 is 2.52 bits per heavy atom. The Morgan fingerprint density at radius 1 is 1.10 bits per heavy atom. The number of para-hydroxylation sites is 1. The summed E-state index contributed by atoms with van der Waals surface area (Å²) in [5, 5.41) is 11.4. The standard InChI is InChI=1S/C21H17N3O4S/c1-2-22-13-15(17-5-3-4-6-18(17)22)11-19-20(25)23(21(26)29-19)12-14-7-9-16(10-8-14)24(27)28/h3-11,13H,2,12H2,1H3/b19-11-. The number of thioether (sulfide) groups is 1. The van der Waals surface area contributed by atoms with Crippen molar-refractivity contribution in [2.24, 2.45) is 0 Å². The lowest BCUT2D eigenvalue weighted by molar-refractivity contribution is -0.384. The maximum Gasteiger partial charge on any atom is 0.293 e. The minimum Gasteiger partial charge on any atom is -0.347 e. The molecule has 1 aliphatic rings. The summed E-state index contributed by atoms with van der Waals surface area (Å²) in [6.07, 6.45) is 3.74. The van der Waals surface area contributed by atoms with Gasteiger partial charge in [0.25, 0.3) is 16.8 Å². The molecule has 0 aliphatic carbocycles. The molecule has 29 heavy (non-hydrogen) atoms. The number of amides is 2. The highest BCUT2D eigenvalue weighted by atomic mass is 32.2. The maximum absolute atomic E-state index is 12.8. The fourth-order valence-corrected chi connectivity index (χ4v) is 4.16. The zero-order valence-corrected chi connectivity index (χ0v) is 16.4. The van der Waals surface area contributed by atoms with Crippen LogP contribution in [0.25, 0.3) is 17.0 Å². The van der Waals surface area contributed by atoms with E-state index in [2.05, 4.69) is 4.57 Å². The third kappa shape index (κ3) is 3.54. The molecule has 2 heterocycles. The first-order valence-electron chi connectivity index (χ1n) is 9.04. The second-order valence-electron chi connectivity index (χ2n) is 6.58. The summed E-state index contributed by atoms with van der Waals surface area (Å²) in [6.45, 7) is 2.93. The second kappa shape index (κ2) is 7.56. The van der Waals surface area contributed by atoms with Gasteiger partial charge in [-0.3, -0.25) is 24.6 Å². The Bertz CT molecular complexity index is 1160. The third-order valence-corrected chi connectivity index (χ3v) is 5.72. The SMILES string of the molecule is CCn1cc(/C=C2\SC(=O)N(Cc3ccc([N+](=O)[O-])cc3)C2=O)c2ccccc21. The lowest BCUT2D eigenvalue weighted by Gasteiger charge is -2.12. The highest BCUT2D eigenvalue weighted by Gasteiger charge is 2.35. The van der Waals surface area contributed by atoms with Crippen LogP contribution in [0.4, 0.5) is 10.5 Å². The van der Waals surface area contributed by atoms with Gasteiger partial charge in [0.15, 0.2) is 0 Å². The molecule has 146 valence electrons. The molecule has 0 saturated carbocycles. The molecule has 3 aromatic rings. The number of carbonyl (C=O) groups is 2. The Balaban J connectivity index is 1.60. The van der Waals surface area contributed by atoms with E-state index >= 15 is 0 Å². The van der Waals surface area contributed by atoms with Crippen LogP contribution in [-0.4, -0.2) is 25.5 Å². The van der Waals surface area contributed by atoms with Crippen molar-refractivity contribution in [3.8, 4) is 0 Å². The number of rotatable bonds is 5. The van der Waals surface area contributed by atoms with Gasteiger partial charge in [-0.05, 0) is 36.4 Å². The fraction of sp³-hybridized carbons (Fsp3) is 0.143. The minimum absolute atomic E-state index is 0.0323. The monoisotopic (exact) mass is 407 g/mol. The highest BCUT2D eigenvalue weighted by Crippen LogP contribution is 2.35. The average Bonchev–Trinajstić information content (AvgIpc) is 3.21. The van der Waals surface area contributed by atoms with Crippen molar-refractivity contribution < 1.29 is 14.5 Å². The Morgan fingerprint density at radius 2 is 1.83 bits per heavy atom. The zero-order valence-electron chi connectivity index (χ0n) is 15.6. The van der Waals surface area contributed by atoms with Crippen LogP contribution in [0, 0.1) is 10.1 Å². The van der Waals surface area contributed by atoms with Crippen LogP contribution >= 0.6 is 11.8 Å². The predicted molar refractivity (Wildman–Crippen MR) is 112 cm³/mol. The van der Waals surface area contributed by atoms with Crippen LogP contribution < -0.4 is 0 Å². The largest absolute Gasteiger partial charge is 0.347 e. The lowest BCUT2D eigenvalue weighted by atomic mass is 10.1. The number of benzene rings is 2. The van der Waals surface area contributed by atoms with Gasteiger partial charge in [0.2, 0.25) is 0 Å².